The lowest BCUT2D eigenvalue weighted by Gasteiger charge is -2.28. The first-order valence-electron chi connectivity index (χ1n) is 6.91. The van der Waals surface area contributed by atoms with Crippen LogP contribution in [0.1, 0.15) is 45.6 Å². The molecule has 1 aromatic rings. The van der Waals surface area contributed by atoms with Crippen LogP contribution in [0.5, 0.6) is 0 Å². The van der Waals surface area contributed by atoms with E-state index < -0.39 is 5.60 Å². The van der Waals surface area contributed by atoms with Crippen molar-refractivity contribution in [3.05, 3.63) is 35.9 Å². The van der Waals surface area contributed by atoms with Crippen LogP contribution >= 0.6 is 0 Å². The van der Waals surface area contributed by atoms with Gasteiger partial charge in [-0.3, -0.25) is 0 Å². The minimum Gasteiger partial charge on any atom is -0.389 e. The molecule has 0 aliphatic rings. The number of aliphatic hydroxyl groups is 1. The predicted molar refractivity (Wildman–Crippen MR) is 77.8 cm³/mol. The Balaban J connectivity index is 2.27. The third-order valence-corrected chi connectivity index (χ3v) is 3.85. The molecule has 2 unspecified atom stereocenters. The quantitative estimate of drug-likeness (QED) is 0.727. The van der Waals surface area contributed by atoms with E-state index in [1.54, 1.807) is 0 Å². The highest BCUT2D eigenvalue weighted by Crippen LogP contribution is 2.18. The van der Waals surface area contributed by atoms with Crippen LogP contribution in [0.25, 0.3) is 0 Å². The van der Waals surface area contributed by atoms with E-state index in [-0.39, 0.29) is 5.92 Å². The fourth-order valence-electron chi connectivity index (χ4n) is 1.81. The van der Waals surface area contributed by atoms with Crippen molar-refractivity contribution < 1.29 is 5.11 Å². The van der Waals surface area contributed by atoms with Crippen molar-refractivity contribution in [3.8, 4) is 0 Å². The van der Waals surface area contributed by atoms with Crippen molar-refractivity contribution in [2.24, 2.45) is 5.92 Å². The maximum atomic E-state index is 10.1. The molecule has 0 aliphatic heterocycles. The molecule has 102 valence electrons. The first-order chi connectivity index (χ1) is 8.43. The van der Waals surface area contributed by atoms with Crippen LogP contribution in [0.4, 0.5) is 0 Å². The van der Waals surface area contributed by atoms with Crippen molar-refractivity contribution in [2.45, 2.75) is 45.6 Å². The Morgan fingerprint density at radius 1 is 1.17 bits per heavy atom. The Morgan fingerprint density at radius 2 is 1.78 bits per heavy atom. The van der Waals surface area contributed by atoms with E-state index in [9.17, 15) is 5.11 Å². The summed E-state index contributed by atoms with van der Waals surface area (Å²) in [5.41, 5.74) is 0.769. The number of hydrogen-bond donors (Lipinski definition) is 2. The van der Waals surface area contributed by atoms with E-state index in [1.165, 1.54) is 5.56 Å². The number of rotatable bonds is 7. The average molecular weight is 249 g/mol. The van der Waals surface area contributed by atoms with Crippen LogP contribution in [0.3, 0.4) is 0 Å². The topological polar surface area (TPSA) is 32.3 Å². The van der Waals surface area contributed by atoms with Gasteiger partial charge in [-0.15, -0.1) is 0 Å². The van der Waals surface area contributed by atoms with Gasteiger partial charge >= 0.3 is 0 Å². The highest BCUT2D eigenvalue weighted by Gasteiger charge is 2.23. The van der Waals surface area contributed by atoms with Gasteiger partial charge in [-0.1, -0.05) is 51.1 Å². The molecule has 2 atom stereocenters. The van der Waals surface area contributed by atoms with Gasteiger partial charge < -0.3 is 10.4 Å². The minimum absolute atomic E-state index is 0.275. The van der Waals surface area contributed by atoms with Crippen LogP contribution in [0.2, 0.25) is 0 Å². The normalized spacial score (nSPS) is 16.6. The summed E-state index contributed by atoms with van der Waals surface area (Å²) in [5.74, 6) is 0.833. The first kappa shape index (κ1) is 15.2. The van der Waals surface area contributed by atoms with Gasteiger partial charge in [0.2, 0.25) is 0 Å². The largest absolute Gasteiger partial charge is 0.389 e. The molecule has 0 saturated carbocycles. The zero-order valence-electron chi connectivity index (χ0n) is 12.1. The van der Waals surface area contributed by atoms with Crippen molar-refractivity contribution in [1.82, 2.24) is 5.32 Å². The maximum absolute atomic E-state index is 10.1. The van der Waals surface area contributed by atoms with E-state index >= 15 is 0 Å². The third kappa shape index (κ3) is 4.79. The molecular weight excluding hydrogens is 222 g/mol. The molecule has 2 nitrogen and oxygen atoms in total. The van der Waals surface area contributed by atoms with Gasteiger partial charge in [0.05, 0.1) is 5.60 Å². The average Bonchev–Trinajstić information content (AvgIpc) is 2.35. The molecule has 2 heteroatoms. The van der Waals surface area contributed by atoms with Gasteiger partial charge in [-0.2, -0.15) is 0 Å². The van der Waals surface area contributed by atoms with Crippen molar-refractivity contribution >= 4 is 0 Å². The van der Waals surface area contributed by atoms with Crippen LogP contribution in [-0.4, -0.2) is 23.8 Å². The molecular formula is C16H27NO. The highest BCUT2D eigenvalue weighted by atomic mass is 16.3. The number of benzene rings is 1. The second kappa shape index (κ2) is 6.91. The predicted octanol–water partition coefficient (Wildman–Crippen LogP) is 3.18. The Hall–Kier alpha value is -0.860. The zero-order chi connectivity index (χ0) is 13.6. The van der Waals surface area contributed by atoms with Gasteiger partial charge in [-0.05, 0) is 37.3 Å². The van der Waals surface area contributed by atoms with Gasteiger partial charge in [0.25, 0.3) is 0 Å². The lowest BCUT2D eigenvalue weighted by atomic mass is 9.92. The van der Waals surface area contributed by atoms with Gasteiger partial charge in [0.1, 0.15) is 0 Å². The molecule has 0 aromatic heterocycles. The van der Waals surface area contributed by atoms with Gasteiger partial charge in [-0.25, -0.2) is 0 Å². The summed E-state index contributed by atoms with van der Waals surface area (Å²) in [5, 5.41) is 13.5. The monoisotopic (exact) mass is 249 g/mol. The Labute approximate surface area is 111 Å². The molecule has 1 aromatic carbocycles. The van der Waals surface area contributed by atoms with E-state index in [0.29, 0.717) is 12.5 Å². The molecule has 0 saturated heterocycles. The molecule has 0 amide bonds. The maximum Gasteiger partial charge on any atom is 0.0766 e. The Kier molecular flexibility index (Phi) is 5.83. The fraction of sp³-hybridized carbons (Fsp3) is 0.625. The van der Waals surface area contributed by atoms with Crippen molar-refractivity contribution in [1.29, 1.82) is 0 Å². The molecule has 0 bridgehead atoms. The summed E-state index contributed by atoms with van der Waals surface area (Å²) in [4.78, 5) is 0. The van der Waals surface area contributed by atoms with E-state index in [2.05, 4.69) is 36.5 Å². The molecule has 0 radical (unpaired) electrons. The molecule has 1 rings (SSSR count). The second-order valence-corrected chi connectivity index (χ2v) is 5.79. The molecule has 0 fully saturated rings. The van der Waals surface area contributed by atoms with Crippen molar-refractivity contribution in [2.75, 3.05) is 13.1 Å². The highest BCUT2D eigenvalue weighted by molar-refractivity contribution is 5.18. The first-order valence-corrected chi connectivity index (χ1v) is 6.91. The van der Waals surface area contributed by atoms with E-state index in [4.69, 9.17) is 0 Å². The lowest BCUT2D eigenvalue weighted by Crippen LogP contribution is -2.42. The summed E-state index contributed by atoms with van der Waals surface area (Å²) >= 11 is 0. The molecule has 18 heavy (non-hydrogen) atoms. The Bertz CT molecular complexity index is 332. The summed E-state index contributed by atoms with van der Waals surface area (Å²) < 4.78 is 0. The van der Waals surface area contributed by atoms with Gasteiger partial charge in [0.15, 0.2) is 0 Å². The third-order valence-electron chi connectivity index (χ3n) is 3.85. The SMILES string of the molecule is CC(CCNCC(C)(O)C(C)C)c1ccccc1. The fourth-order valence-corrected chi connectivity index (χ4v) is 1.81. The summed E-state index contributed by atoms with van der Waals surface area (Å²) in [6.07, 6.45) is 1.10. The molecule has 2 N–H and O–H groups in total. The standard InChI is InChI=1S/C16H27NO/c1-13(2)16(4,18)12-17-11-10-14(3)15-8-6-5-7-9-15/h5-9,13-14,17-18H,10-12H2,1-4H3. The Morgan fingerprint density at radius 3 is 2.33 bits per heavy atom. The summed E-state index contributed by atoms with van der Waals surface area (Å²) in [6.45, 7) is 9.84. The van der Waals surface area contributed by atoms with Crippen LogP contribution in [0, 0.1) is 5.92 Å². The molecule has 0 aliphatic carbocycles. The van der Waals surface area contributed by atoms with Crippen LogP contribution in [-0.2, 0) is 0 Å². The van der Waals surface area contributed by atoms with E-state index in [0.717, 1.165) is 13.0 Å². The molecule has 0 heterocycles. The van der Waals surface area contributed by atoms with Gasteiger partial charge in [0, 0.05) is 6.54 Å². The minimum atomic E-state index is -0.615. The lowest BCUT2D eigenvalue weighted by molar-refractivity contribution is 0.0143. The van der Waals surface area contributed by atoms with E-state index in [1.807, 2.05) is 26.8 Å². The van der Waals surface area contributed by atoms with Crippen LogP contribution in [0.15, 0.2) is 30.3 Å². The number of hydrogen-bond acceptors (Lipinski definition) is 2. The second-order valence-electron chi connectivity index (χ2n) is 5.79. The summed E-state index contributed by atoms with van der Waals surface area (Å²) in [7, 11) is 0. The molecule has 0 spiro atoms. The smallest absolute Gasteiger partial charge is 0.0766 e. The number of nitrogens with one attached hydrogen (secondary N) is 1. The summed E-state index contributed by atoms with van der Waals surface area (Å²) in [6, 6.07) is 10.6. The van der Waals surface area contributed by atoms with Crippen molar-refractivity contribution in [3.63, 3.8) is 0 Å². The van der Waals surface area contributed by atoms with Crippen LogP contribution < -0.4 is 5.32 Å². The zero-order valence-corrected chi connectivity index (χ0v) is 12.1.